The molecule has 0 bridgehead atoms. The third-order valence-electron chi connectivity index (χ3n) is 4.58. The molecule has 6 heteroatoms. The van der Waals surface area contributed by atoms with E-state index >= 15 is 0 Å². The van der Waals surface area contributed by atoms with Gasteiger partial charge in [-0.05, 0) is 24.8 Å². The van der Waals surface area contributed by atoms with Crippen molar-refractivity contribution in [3.05, 3.63) is 35.9 Å². The van der Waals surface area contributed by atoms with Crippen LogP contribution in [-0.2, 0) is 9.53 Å². The lowest BCUT2D eigenvalue weighted by Gasteiger charge is -2.19. The molecule has 1 aromatic rings. The molecule has 0 radical (unpaired) electrons. The van der Waals surface area contributed by atoms with Gasteiger partial charge in [0, 0.05) is 19.6 Å². The molecule has 0 saturated carbocycles. The summed E-state index contributed by atoms with van der Waals surface area (Å²) < 4.78 is 5.99. The molecular weight excluding hydrogens is 296 g/mol. The number of urea groups is 1. The first kappa shape index (κ1) is 15.8. The van der Waals surface area contributed by atoms with Crippen LogP contribution < -0.4 is 5.32 Å². The fourth-order valence-corrected chi connectivity index (χ4v) is 3.23. The number of carboxylic acid groups (broad SMARTS) is 1. The lowest BCUT2D eigenvalue weighted by molar-refractivity contribution is -0.141. The van der Waals surface area contributed by atoms with Gasteiger partial charge < -0.3 is 20.1 Å². The molecule has 2 amide bonds. The smallest absolute Gasteiger partial charge is 0.317 e. The molecule has 1 unspecified atom stereocenters. The summed E-state index contributed by atoms with van der Waals surface area (Å²) in [6.45, 7) is 1.26. The van der Waals surface area contributed by atoms with Gasteiger partial charge in [0.2, 0.25) is 0 Å². The zero-order valence-corrected chi connectivity index (χ0v) is 13.0. The SMILES string of the molecule is O=C(O)C1CCN(C(=O)NC[C@H]2CC[C@@H](c3ccccc3)O2)C1. The number of amides is 2. The maximum atomic E-state index is 12.1. The number of carbonyl (C=O) groups is 2. The second-order valence-corrected chi connectivity index (χ2v) is 6.19. The highest BCUT2D eigenvalue weighted by Gasteiger charge is 2.32. The van der Waals surface area contributed by atoms with E-state index in [1.807, 2.05) is 18.2 Å². The predicted molar refractivity (Wildman–Crippen MR) is 84.0 cm³/mol. The number of nitrogens with one attached hydrogen (secondary N) is 1. The largest absolute Gasteiger partial charge is 0.481 e. The highest BCUT2D eigenvalue weighted by atomic mass is 16.5. The summed E-state index contributed by atoms with van der Waals surface area (Å²) in [5.74, 6) is -1.27. The molecule has 2 aliphatic rings. The van der Waals surface area contributed by atoms with Crippen molar-refractivity contribution in [3.63, 3.8) is 0 Å². The third kappa shape index (κ3) is 3.82. The molecule has 6 nitrogen and oxygen atoms in total. The molecule has 0 aromatic heterocycles. The maximum Gasteiger partial charge on any atom is 0.317 e. The highest BCUT2D eigenvalue weighted by molar-refractivity contribution is 5.77. The summed E-state index contributed by atoms with van der Waals surface area (Å²) >= 11 is 0. The van der Waals surface area contributed by atoms with Gasteiger partial charge in [0.15, 0.2) is 0 Å². The van der Waals surface area contributed by atoms with E-state index in [2.05, 4.69) is 17.4 Å². The summed E-state index contributed by atoms with van der Waals surface area (Å²) in [7, 11) is 0. The van der Waals surface area contributed by atoms with Crippen LogP contribution in [0, 0.1) is 5.92 Å². The first-order valence-corrected chi connectivity index (χ1v) is 8.09. The Labute approximate surface area is 135 Å². The molecule has 1 aromatic carbocycles. The van der Waals surface area contributed by atoms with Gasteiger partial charge in [0.1, 0.15) is 0 Å². The van der Waals surface area contributed by atoms with Crippen LogP contribution in [0.2, 0.25) is 0 Å². The summed E-state index contributed by atoms with van der Waals surface area (Å²) in [4.78, 5) is 24.6. The Hall–Kier alpha value is -2.08. The summed E-state index contributed by atoms with van der Waals surface area (Å²) in [5.41, 5.74) is 1.17. The van der Waals surface area contributed by atoms with Crippen molar-refractivity contribution in [1.29, 1.82) is 0 Å². The number of nitrogens with zero attached hydrogens (tertiary/aromatic N) is 1. The van der Waals surface area contributed by atoms with Crippen molar-refractivity contribution in [2.24, 2.45) is 5.92 Å². The first-order valence-electron chi connectivity index (χ1n) is 8.09. The summed E-state index contributed by atoms with van der Waals surface area (Å²) in [6, 6.07) is 9.90. The Kier molecular flexibility index (Phi) is 4.81. The zero-order chi connectivity index (χ0) is 16.2. The number of carbonyl (C=O) groups excluding carboxylic acids is 1. The van der Waals surface area contributed by atoms with Gasteiger partial charge in [0.05, 0.1) is 18.1 Å². The van der Waals surface area contributed by atoms with E-state index in [1.165, 1.54) is 5.56 Å². The van der Waals surface area contributed by atoms with Crippen LogP contribution >= 0.6 is 0 Å². The van der Waals surface area contributed by atoms with E-state index in [9.17, 15) is 9.59 Å². The quantitative estimate of drug-likeness (QED) is 0.890. The molecule has 2 fully saturated rings. The van der Waals surface area contributed by atoms with Gasteiger partial charge >= 0.3 is 12.0 Å². The number of ether oxygens (including phenoxy) is 1. The Morgan fingerprint density at radius 1 is 1.22 bits per heavy atom. The summed E-state index contributed by atoms with van der Waals surface area (Å²) in [6.07, 6.45) is 2.51. The van der Waals surface area contributed by atoms with Gasteiger partial charge in [-0.3, -0.25) is 4.79 Å². The predicted octanol–water partition coefficient (Wildman–Crippen LogP) is 2.02. The van der Waals surface area contributed by atoms with Crippen LogP contribution in [0.3, 0.4) is 0 Å². The molecule has 2 heterocycles. The minimum atomic E-state index is -0.829. The van der Waals surface area contributed by atoms with Crippen molar-refractivity contribution in [3.8, 4) is 0 Å². The molecule has 2 N–H and O–H groups in total. The lowest BCUT2D eigenvalue weighted by atomic mass is 10.1. The number of benzene rings is 1. The number of aliphatic carboxylic acids is 1. The number of rotatable bonds is 4. The minimum Gasteiger partial charge on any atom is -0.481 e. The Morgan fingerprint density at radius 2 is 2.00 bits per heavy atom. The standard InChI is InChI=1S/C17H22N2O4/c20-16(21)13-8-9-19(11-13)17(22)18-10-14-6-7-15(23-14)12-4-2-1-3-5-12/h1-5,13-15H,6-11H2,(H,18,22)(H,20,21)/t13?,14-,15+/m1/s1. The van der Waals surface area contributed by atoms with Gasteiger partial charge in [0.25, 0.3) is 0 Å². The zero-order valence-electron chi connectivity index (χ0n) is 13.0. The van der Waals surface area contributed by atoms with Crippen molar-refractivity contribution >= 4 is 12.0 Å². The van der Waals surface area contributed by atoms with Crippen molar-refractivity contribution in [2.45, 2.75) is 31.5 Å². The number of hydrogen-bond donors (Lipinski definition) is 2. The van der Waals surface area contributed by atoms with Gasteiger partial charge in [-0.2, -0.15) is 0 Å². The highest BCUT2D eigenvalue weighted by Crippen LogP contribution is 2.32. The molecule has 2 aliphatic heterocycles. The van der Waals surface area contributed by atoms with E-state index in [1.54, 1.807) is 4.90 Å². The normalized spacial score (nSPS) is 27.1. The third-order valence-corrected chi connectivity index (χ3v) is 4.58. The fourth-order valence-electron chi connectivity index (χ4n) is 3.23. The number of hydrogen-bond acceptors (Lipinski definition) is 3. The first-order chi connectivity index (χ1) is 11.1. The van der Waals surface area contributed by atoms with Crippen LogP contribution in [0.5, 0.6) is 0 Å². The van der Waals surface area contributed by atoms with Crippen molar-refractivity contribution in [1.82, 2.24) is 10.2 Å². The molecule has 3 atom stereocenters. The monoisotopic (exact) mass is 318 g/mol. The van der Waals surface area contributed by atoms with Crippen LogP contribution in [0.15, 0.2) is 30.3 Å². The maximum absolute atomic E-state index is 12.1. The number of likely N-dealkylation sites (tertiary alicyclic amines) is 1. The van der Waals surface area contributed by atoms with E-state index < -0.39 is 11.9 Å². The second kappa shape index (κ2) is 7.00. The Bertz CT molecular complexity index is 563. The molecule has 3 rings (SSSR count). The van der Waals surface area contributed by atoms with E-state index in [0.29, 0.717) is 26.1 Å². The van der Waals surface area contributed by atoms with E-state index in [4.69, 9.17) is 9.84 Å². The van der Waals surface area contributed by atoms with Crippen LogP contribution in [0.1, 0.15) is 30.9 Å². The average molecular weight is 318 g/mol. The average Bonchev–Trinajstić information content (AvgIpc) is 3.23. The van der Waals surface area contributed by atoms with Crippen LogP contribution in [-0.4, -0.2) is 47.7 Å². The summed E-state index contributed by atoms with van der Waals surface area (Å²) in [5, 5.41) is 11.8. The topological polar surface area (TPSA) is 78.9 Å². The molecular formula is C17H22N2O4. The van der Waals surface area contributed by atoms with Crippen LogP contribution in [0.4, 0.5) is 4.79 Å². The molecule has 0 spiro atoms. The number of carboxylic acids is 1. The van der Waals surface area contributed by atoms with E-state index in [-0.39, 0.29) is 18.2 Å². The second-order valence-electron chi connectivity index (χ2n) is 6.19. The van der Waals surface area contributed by atoms with Crippen molar-refractivity contribution < 1.29 is 19.4 Å². The molecule has 23 heavy (non-hydrogen) atoms. The van der Waals surface area contributed by atoms with Gasteiger partial charge in [-0.25, -0.2) is 4.79 Å². The minimum absolute atomic E-state index is 0.0158. The lowest BCUT2D eigenvalue weighted by Crippen LogP contribution is -2.42. The molecule has 2 saturated heterocycles. The molecule has 0 aliphatic carbocycles. The Morgan fingerprint density at radius 3 is 2.70 bits per heavy atom. The van der Waals surface area contributed by atoms with Gasteiger partial charge in [-0.1, -0.05) is 30.3 Å². The fraction of sp³-hybridized carbons (Fsp3) is 0.529. The van der Waals surface area contributed by atoms with E-state index in [0.717, 1.165) is 12.8 Å². The van der Waals surface area contributed by atoms with Crippen LogP contribution in [0.25, 0.3) is 0 Å². The Balaban J connectivity index is 1.43. The van der Waals surface area contributed by atoms with Gasteiger partial charge in [-0.15, -0.1) is 0 Å². The van der Waals surface area contributed by atoms with Crippen molar-refractivity contribution in [2.75, 3.05) is 19.6 Å². The molecule has 124 valence electrons.